The molecule has 2 aromatic rings. The fourth-order valence-corrected chi connectivity index (χ4v) is 2.83. The molecule has 1 aromatic heterocycles. The van der Waals surface area contributed by atoms with Crippen LogP contribution in [0.3, 0.4) is 0 Å². The van der Waals surface area contributed by atoms with Gasteiger partial charge in [-0.05, 0) is 52.3 Å². The van der Waals surface area contributed by atoms with Gasteiger partial charge in [-0.3, -0.25) is 25.2 Å². The van der Waals surface area contributed by atoms with Crippen LogP contribution in [0.4, 0.5) is 4.39 Å². The highest BCUT2D eigenvalue weighted by atomic mass is 79.9. The third-order valence-electron chi connectivity index (χ3n) is 2.63. The van der Waals surface area contributed by atoms with E-state index in [1.165, 1.54) is 23.5 Å². The average Bonchev–Trinajstić information content (AvgIpc) is 2.97. The molecule has 0 saturated heterocycles. The first-order valence-corrected chi connectivity index (χ1v) is 7.95. The summed E-state index contributed by atoms with van der Waals surface area (Å²) in [7, 11) is 0. The van der Waals surface area contributed by atoms with Gasteiger partial charge in [-0.1, -0.05) is 0 Å². The van der Waals surface area contributed by atoms with Crippen LogP contribution in [0, 0.1) is 5.82 Å². The molecule has 1 aromatic carbocycles. The lowest BCUT2D eigenvalue weighted by atomic mass is 10.2. The van der Waals surface area contributed by atoms with E-state index >= 15 is 0 Å². The maximum Gasteiger partial charge on any atom is 0.269 e. The van der Waals surface area contributed by atoms with Crippen molar-refractivity contribution in [3.05, 3.63) is 56.4 Å². The molecule has 0 aliphatic carbocycles. The van der Waals surface area contributed by atoms with Crippen LogP contribution in [0.15, 0.2) is 40.2 Å². The van der Waals surface area contributed by atoms with Gasteiger partial charge in [0, 0.05) is 5.56 Å². The Morgan fingerprint density at radius 3 is 2.30 bits per heavy atom. The van der Waals surface area contributed by atoms with Crippen LogP contribution in [-0.2, 0) is 4.79 Å². The van der Waals surface area contributed by atoms with Crippen molar-refractivity contribution < 1.29 is 18.8 Å². The molecule has 6 nitrogen and oxygen atoms in total. The highest BCUT2D eigenvalue weighted by Gasteiger charge is 2.11. The number of thiophene rings is 1. The summed E-state index contributed by atoms with van der Waals surface area (Å²) in [6, 6.07) is 8.19. The first-order valence-electron chi connectivity index (χ1n) is 6.34. The van der Waals surface area contributed by atoms with Crippen LogP contribution in [0.25, 0.3) is 0 Å². The van der Waals surface area contributed by atoms with Gasteiger partial charge in [0.15, 0.2) is 0 Å². The quantitative estimate of drug-likeness (QED) is 0.685. The minimum atomic E-state index is -0.593. The van der Waals surface area contributed by atoms with Crippen LogP contribution < -0.4 is 16.2 Å². The maximum atomic E-state index is 12.7. The summed E-state index contributed by atoms with van der Waals surface area (Å²) in [5.74, 6) is -2.04. The van der Waals surface area contributed by atoms with Gasteiger partial charge in [-0.15, -0.1) is 11.3 Å². The SMILES string of the molecule is O=C(CNC(=O)c1ccc(Br)s1)NNC(=O)c1ccc(F)cc1. The molecule has 23 heavy (non-hydrogen) atoms. The zero-order valence-electron chi connectivity index (χ0n) is 11.6. The second kappa shape index (κ2) is 7.84. The zero-order valence-corrected chi connectivity index (χ0v) is 14.0. The summed E-state index contributed by atoms with van der Waals surface area (Å²) < 4.78 is 13.5. The normalized spacial score (nSPS) is 10.0. The lowest BCUT2D eigenvalue weighted by Crippen LogP contribution is -2.46. The summed E-state index contributed by atoms with van der Waals surface area (Å²) in [5.41, 5.74) is 4.52. The van der Waals surface area contributed by atoms with Crippen molar-refractivity contribution in [2.24, 2.45) is 0 Å². The van der Waals surface area contributed by atoms with Gasteiger partial charge < -0.3 is 5.32 Å². The fourth-order valence-electron chi connectivity index (χ4n) is 1.53. The number of halogens is 2. The fraction of sp³-hybridized carbons (Fsp3) is 0.0714. The largest absolute Gasteiger partial charge is 0.342 e. The van der Waals surface area contributed by atoms with Gasteiger partial charge in [0.1, 0.15) is 5.82 Å². The summed E-state index contributed by atoms with van der Waals surface area (Å²) in [5, 5.41) is 2.42. The van der Waals surface area contributed by atoms with E-state index in [9.17, 15) is 18.8 Å². The molecule has 0 aliphatic heterocycles. The molecular weight excluding hydrogens is 389 g/mol. The number of hydrazine groups is 1. The van der Waals surface area contributed by atoms with E-state index in [1.54, 1.807) is 12.1 Å². The number of amides is 3. The number of carbonyl (C=O) groups excluding carboxylic acids is 3. The van der Waals surface area contributed by atoms with Crippen molar-refractivity contribution in [3.8, 4) is 0 Å². The second-order valence-electron chi connectivity index (χ2n) is 4.30. The molecule has 0 bridgehead atoms. The number of hydrogen-bond donors (Lipinski definition) is 3. The number of hydrogen-bond acceptors (Lipinski definition) is 4. The Kier molecular flexibility index (Phi) is 5.83. The van der Waals surface area contributed by atoms with Gasteiger partial charge in [0.2, 0.25) is 0 Å². The molecule has 0 radical (unpaired) electrons. The van der Waals surface area contributed by atoms with E-state index in [0.29, 0.717) is 4.88 Å². The van der Waals surface area contributed by atoms with E-state index in [0.717, 1.165) is 15.9 Å². The van der Waals surface area contributed by atoms with Gasteiger partial charge >= 0.3 is 0 Å². The number of nitrogens with one attached hydrogen (secondary N) is 3. The highest BCUT2D eigenvalue weighted by Crippen LogP contribution is 2.21. The number of benzene rings is 1. The Labute approximate surface area is 143 Å². The first-order chi connectivity index (χ1) is 11.0. The summed E-state index contributed by atoms with van der Waals surface area (Å²) >= 11 is 4.47. The Balaban J connectivity index is 1.75. The highest BCUT2D eigenvalue weighted by molar-refractivity contribution is 9.11. The molecule has 0 atom stereocenters. The molecule has 120 valence electrons. The van der Waals surface area contributed by atoms with Gasteiger partial charge in [-0.2, -0.15) is 0 Å². The Bertz CT molecular complexity index is 733. The number of rotatable bonds is 4. The lowest BCUT2D eigenvalue weighted by molar-refractivity contribution is -0.120. The van der Waals surface area contributed by atoms with Crippen LogP contribution in [-0.4, -0.2) is 24.3 Å². The van der Waals surface area contributed by atoms with Crippen LogP contribution >= 0.6 is 27.3 Å². The second-order valence-corrected chi connectivity index (χ2v) is 6.76. The first kappa shape index (κ1) is 17.1. The van der Waals surface area contributed by atoms with Crippen molar-refractivity contribution in [1.29, 1.82) is 0 Å². The molecule has 0 fully saturated rings. The zero-order chi connectivity index (χ0) is 16.8. The summed E-state index contributed by atoms with van der Waals surface area (Å²) in [6.07, 6.45) is 0. The third-order valence-corrected chi connectivity index (χ3v) is 4.25. The van der Waals surface area contributed by atoms with Crippen LogP contribution in [0.5, 0.6) is 0 Å². The van der Waals surface area contributed by atoms with Crippen LogP contribution in [0.1, 0.15) is 20.0 Å². The third kappa shape index (κ3) is 5.15. The van der Waals surface area contributed by atoms with Crippen molar-refractivity contribution in [1.82, 2.24) is 16.2 Å². The molecule has 0 spiro atoms. The topological polar surface area (TPSA) is 87.3 Å². The molecule has 1 heterocycles. The predicted molar refractivity (Wildman–Crippen MR) is 86.4 cm³/mol. The summed E-state index contributed by atoms with van der Waals surface area (Å²) in [4.78, 5) is 35.4. The van der Waals surface area contributed by atoms with Crippen molar-refractivity contribution in [3.63, 3.8) is 0 Å². The molecule has 2 rings (SSSR count). The Morgan fingerprint density at radius 2 is 1.70 bits per heavy atom. The molecule has 3 N–H and O–H groups in total. The summed E-state index contributed by atoms with van der Waals surface area (Å²) in [6.45, 7) is -0.294. The Hall–Kier alpha value is -2.26. The smallest absolute Gasteiger partial charge is 0.269 e. The molecule has 3 amide bonds. The van der Waals surface area contributed by atoms with Gasteiger partial charge in [0.05, 0.1) is 15.2 Å². The minimum absolute atomic E-state index is 0.194. The standard InChI is InChI=1S/C14H11BrFN3O3S/c15-11-6-5-10(23-11)14(22)17-7-12(20)18-19-13(21)8-1-3-9(16)4-2-8/h1-6H,7H2,(H,17,22)(H,18,20)(H,19,21). The average molecular weight is 400 g/mol. The molecule has 9 heteroatoms. The van der Waals surface area contributed by atoms with Crippen molar-refractivity contribution in [2.75, 3.05) is 6.54 Å². The van der Waals surface area contributed by atoms with E-state index in [4.69, 9.17) is 0 Å². The molecular formula is C14H11BrFN3O3S. The molecule has 0 aliphatic rings. The lowest BCUT2D eigenvalue weighted by Gasteiger charge is -2.08. The van der Waals surface area contributed by atoms with E-state index in [1.807, 2.05) is 0 Å². The van der Waals surface area contributed by atoms with E-state index in [2.05, 4.69) is 32.1 Å². The minimum Gasteiger partial charge on any atom is -0.342 e. The molecule has 0 unspecified atom stereocenters. The van der Waals surface area contributed by atoms with E-state index in [-0.39, 0.29) is 18.0 Å². The monoisotopic (exact) mass is 399 g/mol. The Morgan fingerprint density at radius 1 is 1.00 bits per heavy atom. The van der Waals surface area contributed by atoms with Gasteiger partial charge in [0.25, 0.3) is 17.7 Å². The van der Waals surface area contributed by atoms with E-state index < -0.39 is 17.6 Å². The van der Waals surface area contributed by atoms with Crippen molar-refractivity contribution >= 4 is 45.0 Å². The number of carbonyl (C=O) groups is 3. The van der Waals surface area contributed by atoms with Crippen LogP contribution in [0.2, 0.25) is 0 Å². The maximum absolute atomic E-state index is 12.7. The predicted octanol–water partition coefficient (Wildman–Crippen LogP) is 1.84. The van der Waals surface area contributed by atoms with Gasteiger partial charge in [-0.25, -0.2) is 4.39 Å². The molecule has 0 saturated carbocycles. The van der Waals surface area contributed by atoms with Crippen molar-refractivity contribution in [2.45, 2.75) is 0 Å².